The molecule has 0 aliphatic heterocycles. The van der Waals surface area contributed by atoms with Crippen molar-refractivity contribution in [3.8, 4) is 17.2 Å². The minimum Gasteiger partial charge on any atom is -0.493 e. The number of pyridine rings is 1. The van der Waals surface area contributed by atoms with Crippen LogP contribution in [-0.2, 0) is 9.53 Å². The van der Waals surface area contributed by atoms with Gasteiger partial charge in [0.25, 0.3) is 5.91 Å². The lowest BCUT2D eigenvalue weighted by molar-refractivity contribution is -0.131. The minimum atomic E-state index is -0.838. The highest BCUT2D eigenvalue weighted by Crippen LogP contribution is 2.37. The smallest absolute Gasteiger partial charge is 0.273 e. The molecule has 3 aromatic rings. The van der Waals surface area contributed by atoms with Gasteiger partial charge >= 0.3 is 0 Å². The topological polar surface area (TPSA) is 91.3 Å². The van der Waals surface area contributed by atoms with Gasteiger partial charge in [-0.05, 0) is 29.8 Å². The van der Waals surface area contributed by atoms with Gasteiger partial charge in [0.15, 0.2) is 17.6 Å². The normalized spacial score (nSPS) is 12.0. The lowest BCUT2D eigenvalue weighted by Gasteiger charge is -2.16. The van der Waals surface area contributed by atoms with Gasteiger partial charge in [0.1, 0.15) is 0 Å². The second-order valence-corrected chi connectivity index (χ2v) is 6.23. The molecule has 0 saturated carbocycles. The standard InChI is InChI=1S/C22H23N3O5/c1-27-18-11-14(12-19(28-2)21(18)30-4)13-24-25-22(26)20(29-3)16-7-5-9-17-15(16)8-6-10-23-17/h5-13,20H,1-4H3,(H,25,26). The van der Waals surface area contributed by atoms with Gasteiger partial charge in [0.2, 0.25) is 5.75 Å². The van der Waals surface area contributed by atoms with Crippen LogP contribution in [0.25, 0.3) is 10.9 Å². The Hall–Kier alpha value is -3.65. The molecule has 0 saturated heterocycles. The van der Waals surface area contributed by atoms with Crippen molar-refractivity contribution in [1.29, 1.82) is 0 Å². The van der Waals surface area contributed by atoms with E-state index in [0.717, 1.165) is 10.9 Å². The van der Waals surface area contributed by atoms with E-state index in [9.17, 15) is 4.79 Å². The zero-order valence-electron chi connectivity index (χ0n) is 17.2. The average Bonchev–Trinajstić information content (AvgIpc) is 2.79. The maximum absolute atomic E-state index is 12.7. The molecule has 3 rings (SSSR count). The Morgan fingerprint density at radius 3 is 2.40 bits per heavy atom. The molecule has 30 heavy (non-hydrogen) atoms. The summed E-state index contributed by atoms with van der Waals surface area (Å²) in [6.07, 6.45) is 2.35. The van der Waals surface area contributed by atoms with Gasteiger partial charge in [-0.1, -0.05) is 18.2 Å². The van der Waals surface area contributed by atoms with Gasteiger partial charge < -0.3 is 18.9 Å². The number of hydrazone groups is 1. The summed E-state index contributed by atoms with van der Waals surface area (Å²) in [5, 5.41) is 4.89. The van der Waals surface area contributed by atoms with Crippen LogP contribution in [-0.4, -0.2) is 45.5 Å². The first-order chi connectivity index (χ1) is 14.6. The number of nitrogens with zero attached hydrogens (tertiary/aromatic N) is 2. The molecule has 1 atom stereocenters. The van der Waals surface area contributed by atoms with Crippen molar-refractivity contribution in [3.05, 3.63) is 59.8 Å². The number of carbonyl (C=O) groups is 1. The molecule has 1 N–H and O–H groups in total. The van der Waals surface area contributed by atoms with Crippen LogP contribution in [0.5, 0.6) is 17.2 Å². The first kappa shape index (κ1) is 21.1. The highest BCUT2D eigenvalue weighted by Gasteiger charge is 2.22. The number of hydrogen-bond acceptors (Lipinski definition) is 7. The number of nitrogens with one attached hydrogen (secondary N) is 1. The van der Waals surface area contributed by atoms with Crippen molar-refractivity contribution in [2.75, 3.05) is 28.4 Å². The molecule has 1 heterocycles. The van der Waals surface area contributed by atoms with E-state index in [4.69, 9.17) is 18.9 Å². The third-order valence-electron chi connectivity index (χ3n) is 4.51. The second-order valence-electron chi connectivity index (χ2n) is 6.23. The van der Waals surface area contributed by atoms with E-state index in [1.54, 1.807) is 18.3 Å². The molecule has 8 nitrogen and oxygen atoms in total. The largest absolute Gasteiger partial charge is 0.493 e. The number of amides is 1. The Morgan fingerprint density at radius 1 is 1.03 bits per heavy atom. The third-order valence-corrected chi connectivity index (χ3v) is 4.51. The summed E-state index contributed by atoms with van der Waals surface area (Å²) in [6, 6.07) is 12.7. The summed E-state index contributed by atoms with van der Waals surface area (Å²) >= 11 is 0. The number of ether oxygens (including phenoxy) is 4. The van der Waals surface area contributed by atoms with Crippen molar-refractivity contribution in [1.82, 2.24) is 10.4 Å². The summed E-state index contributed by atoms with van der Waals surface area (Å²) in [7, 11) is 6.06. The second kappa shape index (κ2) is 9.71. The minimum absolute atomic E-state index is 0.405. The first-order valence-electron chi connectivity index (χ1n) is 9.12. The summed E-state index contributed by atoms with van der Waals surface area (Å²) < 4.78 is 21.4. The van der Waals surface area contributed by atoms with Crippen LogP contribution >= 0.6 is 0 Å². The number of rotatable bonds is 8. The maximum atomic E-state index is 12.7. The van der Waals surface area contributed by atoms with Gasteiger partial charge in [-0.3, -0.25) is 9.78 Å². The van der Waals surface area contributed by atoms with E-state index in [2.05, 4.69) is 15.5 Å². The van der Waals surface area contributed by atoms with Crippen LogP contribution in [0.3, 0.4) is 0 Å². The molecule has 0 spiro atoms. The molecular formula is C22H23N3O5. The van der Waals surface area contributed by atoms with Gasteiger partial charge in [-0.2, -0.15) is 5.10 Å². The number of aromatic nitrogens is 1. The fourth-order valence-corrected chi connectivity index (χ4v) is 3.14. The highest BCUT2D eigenvalue weighted by molar-refractivity contribution is 5.91. The number of hydrogen-bond donors (Lipinski definition) is 1. The van der Waals surface area contributed by atoms with E-state index >= 15 is 0 Å². The summed E-state index contributed by atoms with van der Waals surface area (Å²) in [6.45, 7) is 0. The Kier molecular flexibility index (Phi) is 6.82. The number of fused-ring (bicyclic) bond motifs is 1. The van der Waals surface area contributed by atoms with Crippen molar-refractivity contribution in [2.45, 2.75) is 6.10 Å². The van der Waals surface area contributed by atoms with E-state index in [-0.39, 0.29) is 0 Å². The van der Waals surface area contributed by atoms with Gasteiger partial charge in [0, 0.05) is 24.3 Å². The van der Waals surface area contributed by atoms with Gasteiger partial charge in [-0.15, -0.1) is 0 Å². The molecule has 0 radical (unpaired) electrons. The molecule has 1 unspecified atom stereocenters. The van der Waals surface area contributed by atoms with Crippen molar-refractivity contribution >= 4 is 23.0 Å². The van der Waals surface area contributed by atoms with Crippen LogP contribution in [0.4, 0.5) is 0 Å². The molecule has 0 fully saturated rings. The lowest BCUT2D eigenvalue weighted by Crippen LogP contribution is -2.26. The Morgan fingerprint density at radius 2 is 1.77 bits per heavy atom. The summed E-state index contributed by atoms with van der Waals surface area (Å²) in [4.78, 5) is 17.0. The average molecular weight is 409 g/mol. The molecule has 1 aromatic heterocycles. The van der Waals surface area contributed by atoms with Gasteiger partial charge in [0.05, 0.1) is 33.1 Å². The molecule has 0 bridgehead atoms. The molecule has 156 valence electrons. The van der Waals surface area contributed by atoms with E-state index in [1.165, 1.54) is 34.7 Å². The maximum Gasteiger partial charge on any atom is 0.273 e. The molecule has 1 amide bonds. The first-order valence-corrected chi connectivity index (χ1v) is 9.12. The van der Waals surface area contributed by atoms with Crippen LogP contribution < -0.4 is 19.6 Å². The molecular weight excluding hydrogens is 386 g/mol. The SMILES string of the molecule is COc1cc(C=NNC(=O)C(OC)c2cccc3ncccc23)cc(OC)c1OC. The molecule has 0 aliphatic rings. The summed E-state index contributed by atoms with van der Waals surface area (Å²) in [5.41, 5.74) is 4.68. The Bertz CT molecular complexity index is 1040. The van der Waals surface area contributed by atoms with Crippen LogP contribution in [0.1, 0.15) is 17.2 Å². The zero-order valence-corrected chi connectivity index (χ0v) is 17.2. The van der Waals surface area contributed by atoms with Crippen molar-refractivity contribution in [3.63, 3.8) is 0 Å². The van der Waals surface area contributed by atoms with E-state index < -0.39 is 12.0 Å². The fraction of sp³-hybridized carbons (Fsp3) is 0.227. The Balaban J connectivity index is 1.81. The quantitative estimate of drug-likeness (QED) is 0.454. The van der Waals surface area contributed by atoms with E-state index in [0.29, 0.717) is 28.4 Å². The monoisotopic (exact) mass is 409 g/mol. The Labute approximate surface area is 174 Å². The predicted octanol–water partition coefficient (Wildman–Crippen LogP) is 3.10. The zero-order chi connectivity index (χ0) is 21.5. The van der Waals surface area contributed by atoms with Gasteiger partial charge in [-0.25, -0.2) is 5.43 Å². The number of benzene rings is 2. The molecule has 0 aliphatic carbocycles. The third kappa shape index (κ3) is 4.33. The van der Waals surface area contributed by atoms with Crippen LogP contribution in [0, 0.1) is 0 Å². The number of methoxy groups -OCH3 is 4. The lowest BCUT2D eigenvalue weighted by atomic mass is 10.0. The fourth-order valence-electron chi connectivity index (χ4n) is 3.14. The number of carbonyl (C=O) groups excluding carboxylic acids is 1. The van der Waals surface area contributed by atoms with E-state index in [1.807, 2.05) is 30.3 Å². The summed E-state index contributed by atoms with van der Waals surface area (Å²) in [5.74, 6) is 1.05. The molecule has 2 aromatic carbocycles. The van der Waals surface area contributed by atoms with Crippen molar-refractivity contribution in [2.24, 2.45) is 5.10 Å². The van der Waals surface area contributed by atoms with Crippen LogP contribution in [0.15, 0.2) is 53.8 Å². The molecule has 8 heteroatoms. The van der Waals surface area contributed by atoms with Crippen molar-refractivity contribution < 1.29 is 23.7 Å². The predicted molar refractivity (Wildman–Crippen MR) is 113 cm³/mol. The highest BCUT2D eigenvalue weighted by atomic mass is 16.5. The van der Waals surface area contributed by atoms with Crippen LogP contribution in [0.2, 0.25) is 0 Å².